The number of nitrogens with two attached hydrogens (primary N) is 1. The van der Waals surface area contributed by atoms with Gasteiger partial charge in [0.25, 0.3) is 0 Å². The van der Waals surface area contributed by atoms with Gasteiger partial charge in [-0.1, -0.05) is 6.07 Å². The zero-order valence-electron chi connectivity index (χ0n) is 8.68. The average Bonchev–Trinajstić information content (AvgIpc) is 2.25. The lowest BCUT2D eigenvalue weighted by atomic mass is 10.4. The maximum Gasteiger partial charge on any atom is 0.318 e. The van der Waals surface area contributed by atoms with Crippen LogP contribution in [0, 0.1) is 0 Å². The molecule has 3 N–H and O–H groups in total. The molecule has 1 aromatic rings. The Morgan fingerprint density at radius 3 is 2.88 bits per heavy atom. The predicted octanol–water partition coefficient (Wildman–Crippen LogP) is 0.900. The third-order valence-corrected chi connectivity index (χ3v) is 2.70. The van der Waals surface area contributed by atoms with Gasteiger partial charge in [0.15, 0.2) is 0 Å². The van der Waals surface area contributed by atoms with Crippen LogP contribution in [0.15, 0.2) is 24.4 Å². The van der Waals surface area contributed by atoms with Gasteiger partial charge < -0.3 is 5.73 Å². The van der Waals surface area contributed by atoms with E-state index < -0.39 is 6.03 Å². The van der Waals surface area contributed by atoms with Crippen LogP contribution in [0.1, 0.15) is 12.1 Å². The number of hydrogen-bond donors (Lipinski definition) is 2. The molecule has 0 aliphatic heterocycles. The second-order valence-corrected chi connectivity index (χ2v) is 4.14. The molecule has 0 unspecified atom stereocenters. The molecule has 6 heteroatoms. The zero-order chi connectivity index (χ0) is 11.8. The van der Waals surface area contributed by atoms with E-state index in [1.807, 2.05) is 23.5 Å². The molecule has 5 nitrogen and oxygen atoms in total. The number of carbonyl (C=O) groups is 2. The van der Waals surface area contributed by atoms with E-state index in [0.717, 1.165) is 11.4 Å². The highest BCUT2D eigenvalue weighted by Gasteiger charge is 2.03. The van der Waals surface area contributed by atoms with E-state index in [1.165, 1.54) is 0 Å². The molecule has 86 valence electrons. The fraction of sp³-hybridized carbons (Fsp3) is 0.300. The minimum absolute atomic E-state index is 0.278. The summed E-state index contributed by atoms with van der Waals surface area (Å²) >= 11 is 1.59. The first kappa shape index (κ1) is 12.5. The second-order valence-electron chi connectivity index (χ2n) is 3.04. The fourth-order valence-corrected chi connectivity index (χ4v) is 1.88. The van der Waals surface area contributed by atoms with Crippen LogP contribution in [0.25, 0.3) is 0 Å². The third-order valence-electron chi connectivity index (χ3n) is 1.71. The zero-order valence-corrected chi connectivity index (χ0v) is 9.50. The SMILES string of the molecule is NC(=O)NC(=O)CCSCc1ccccn1. The highest BCUT2D eigenvalue weighted by atomic mass is 32.2. The first-order valence-corrected chi connectivity index (χ1v) is 5.91. The molecule has 0 saturated heterocycles. The molecule has 16 heavy (non-hydrogen) atoms. The number of nitrogens with zero attached hydrogens (tertiary/aromatic N) is 1. The van der Waals surface area contributed by atoms with E-state index >= 15 is 0 Å². The summed E-state index contributed by atoms with van der Waals surface area (Å²) in [5.41, 5.74) is 5.78. The number of thioether (sulfide) groups is 1. The highest BCUT2D eigenvalue weighted by Crippen LogP contribution is 2.10. The van der Waals surface area contributed by atoms with Gasteiger partial charge in [-0.3, -0.25) is 15.1 Å². The van der Waals surface area contributed by atoms with Crippen molar-refractivity contribution in [3.63, 3.8) is 0 Å². The summed E-state index contributed by atoms with van der Waals surface area (Å²) in [6, 6.07) is 4.90. The van der Waals surface area contributed by atoms with Gasteiger partial charge in [-0.15, -0.1) is 0 Å². The van der Waals surface area contributed by atoms with E-state index in [2.05, 4.69) is 4.98 Å². The lowest BCUT2D eigenvalue weighted by Gasteiger charge is -2.01. The third kappa shape index (κ3) is 5.35. The molecule has 1 rings (SSSR count). The van der Waals surface area contributed by atoms with E-state index in [4.69, 9.17) is 5.73 Å². The molecule has 0 aromatic carbocycles. The van der Waals surface area contributed by atoms with Crippen molar-refractivity contribution in [3.8, 4) is 0 Å². The second kappa shape index (κ2) is 6.84. The van der Waals surface area contributed by atoms with Crippen LogP contribution in [0.2, 0.25) is 0 Å². The van der Waals surface area contributed by atoms with Crippen LogP contribution >= 0.6 is 11.8 Å². The molecule has 0 fully saturated rings. The van der Waals surface area contributed by atoms with Crippen molar-refractivity contribution in [2.24, 2.45) is 5.73 Å². The Hall–Kier alpha value is -1.56. The molecule has 0 spiro atoms. The predicted molar refractivity (Wildman–Crippen MR) is 62.7 cm³/mol. The van der Waals surface area contributed by atoms with Crippen LogP contribution in [0.4, 0.5) is 4.79 Å². The number of rotatable bonds is 5. The smallest absolute Gasteiger partial charge is 0.318 e. The van der Waals surface area contributed by atoms with E-state index in [0.29, 0.717) is 5.75 Å². The number of urea groups is 1. The average molecular weight is 239 g/mol. The fourth-order valence-electron chi connectivity index (χ4n) is 1.03. The number of primary amides is 1. The van der Waals surface area contributed by atoms with Crippen molar-refractivity contribution in [3.05, 3.63) is 30.1 Å². The van der Waals surface area contributed by atoms with Crippen LogP contribution in [-0.2, 0) is 10.5 Å². The minimum atomic E-state index is -0.806. The Bertz CT molecular complexity index is 356. The topological polar surface area (TPSA) is 85.1 Å². The number of amides is 3. The number of hydrogen-bond acceptors (Lipinski definition) is 4. The quantitative estimate of drug-likeness (QED) is 0.747. The number of nitrogens with one attached hydrogen (secondary N) is 1. The van der Waals surface area contributed by atoms with Crippen molar-refractivity contribution in [1.29, 1.82) is 0 Å². The molecule has 0 aliphatic carbocycles. The first-order valence-electron chi connectivity index (χ1n) is 4.75. The summed E-state index contributed by atoms with van der Waals surface area (Å²) in [7, 11) is 0. The Morgan fingerprint density at radius 2 is 2.25 bits per heavy atom. The molecule has 0 aliphatic rings. The van der Waals surface area contributed by atoms with Crippen molar-refractivity contribution >= 4 is 23.7 Å². The summed E-state index contributed by atoms with van der Waals surface area (Å²) in [5, 5.41) is 2.01. The Kier molecular flexibility index (Phi) is 5.35. The Morgan fingerprint density at radius 1 is 1.44 bits per heavy atom. The standard InChI is InChI=1S/C10H13N3O2S/c11-10(15)13-9(14)4-6-16-7-8-3-1-2-5-12-8/h1-3,5H,4,6-7H2,(H3,11,13,14,15). The molecule has 0 atom stereocenters. The van der Waals surface area contributed by atoms with Crippen LogP contribution in [-0.4, -0.2) is 22.7 Å². The molecule has 0 radical (unpaired) electrons. The van der Waals surface area contributed by atoms with E-state index in [1.54, 1.807) is 18.0 Å². The maximum absolute atomic E-state index is 11.0. The van der Waals surface area contributed by atoms with Gasteiger partial charge in [-0.2, -0.15) is 11.8 Å². The van der Waals surface area contributed by atoms with Crippen molar-refractivity contribution < 1.29 is 9.59 Å². The highest BCUT2D eigenvalue weighted by molar-refractivity contribution is 7.98. The van der Waals surface area contributed by atoms with Crippen molar-refractivity contribution in [1.82, 2.24) is 10.3 Å². The van der Waals surface area contributed by atoms with E-state index in [-0.39, 0.29) is 12.3 Å². The van der Waals surface area contributed by atoms with Crippen molar-refractivity contribution in [2.75, 3.05) is 5.75 Å². The number of carbonyl (C=O) groups excluding carboxylic acids is 2. The van der Waals surface area contributed by atoms with Gasteiger partial charge in [-0.05, 0) is 12.1 Å². The molecule has 1 heterocycles. The molecular weight excluding hydrogens is 226 g/mol. The lowest BCUT2D eigenvalue weighted by Crippen LogP contribution is -2.35. The number of aromatic nitrogens is 1. The largest absolute Gasteiger partial charge is 0.351 e. The molecule has 0 saturated carbocycles. The Balaban J connectivity index is 2.13. The van der Waals surface area contributed by atoms with Gasteiger partial charge in [-0.25, -0.2) is 4.79 Å². The van der Waals surface area contributed by atoms with Crippen LogP contribution < -0.4 is 11.1 Å². The molecule has 3 amide bonds. The summed E-state index contributed by atoms with van der Waals surface area (Å²) in [6.07, 6.45) is 2.01. The number of pyridine rings is 1. The van der Waals surface area contributed by atoms with Gasteiger partial charge >= 0.3 is 6.03 Å². The lowest BCUT2D eigenvalue weighted by molar-refractivity contribution is -0.119. The van der Waals surface area contributed by atoms with Gasteiger partial charge in [0.1, 0.15) is 0 Å². The Labute approximate surface area is 97.8 Å². The monoisotopic (exact) mass is 239 g/mol. The number of imide groups is 1. The van der Waals surface area contributed by atoms with Crippen LogP contribution in [0.3, 0.4) is 0 Å². The normalized spacial score (nSPS) is 9.75. The van der Waals surface area contributed by atoms with E-state index in [9.17, 15) is 9.59 Å². The van der Waals surface area contributed by atoms with Crippen LogP contribution in [0.5, 0.6) is 0 Å². The molecule has 1 aromatic heterocycles. The summed E-state index contributed by atoms with van der Waals surface area (Å²) < 4.78 is 0. The molecular formula is C10H13N3O2S. The molecule has 0 bridgehead atoms. The summed E-state index contributed by atoms with van der Waals surface area (Å²) in [6.45, 7) is 0. The summed E-state index contributed by atoms with van der Waals surface area (Å²) in [4.78, 5) is 25.5. The first-order chi connectivity index (χ1) is 7.68. The minimum Gasteiger partial charge on any atom is -0.351 e. The van der Waals surface area contributed by atoms with Gasteiger partial charge in [0.2, 0.25) is 5.91 Å². The summed E-state index contributed by atoms with van der Waals surface area (Å²) in [5.74, 6) is 1.04. The van der Waals surface area contributed by atoms with Gasteiger partial charge in [0, 0.05) is 24.1 Å². The maximum atomic E-state index is 11.0. The van der Waals surface area contributed by atoms with Crippen molar-refractivity contribution in [2.45, 2.75) is 12.2 Å². The van der Waals surface area contributed by atoms with Gasteiger partial charge in [0.05, 0.1) is 5.69 Å².